The van der Waals surface area contributed by atoms with E-state index in [0.29, 0.717) is 17.1 Å². The standard InChI is InChI=1S/C19H24N2O4S/c1-14(2)25-18-12-10-16(11-13-18)20-19(22)15(3)21(26(4,23)24)17-8-6-5-7-9-17/h5-15H,1-4H3,(H,20,22)/t15-/m0/s1. The summed E-state index contributed by atoms with van der Waals surface area (Å²) in [5.74, 6) is 0.282. The number of amides is 1. The summed E-state index contributed by atoms with van der Waals surface area (Å²) in [6.45, 7) is 5.42. The van der Waals surface area contributed by atoms with Crippen LogP contribution in [0, 0.1) is 0 Å². The third-order valence-corrected chi connectivity index (χ3v) is 4.83. The van der Waals surface area contributed by atoms with Gasteiger partial charge in [0.15, 0.2) is 0 Å². The Bertz CT molecular complexity index is 834. The number of nitrogens with zero attached hydrogens (tertiary/aromatic N) is 1. The van der Waals surface area contributed by atoms with Gasteiger partial charge >= 0.3 is 0 Å². The van der Waals surface area contributed by atoms with Crippen LogP contribution in [0.1, 0.15) is 20.8 Å². The average Bonchev–Trinajstić information content (AvgIpc) is 2.56. The molecule has 0 saturated carbocycles. The van der Waals surface area contributed by atoms with Crippen molar-refractivity contribution in [1.29, 1.82) is 0 Å². The van der Waals surface area contributed by atoms with Gasteiger partial charge in [-0.2, -0.15) is 0 Å². The van der Waals surface area contributed by atoms with Crippen LogP contribution >= 0.6 is 0 Å². The smallest absolute Gasteiger partial charge is 0.247 e. The summed E-state index contributed by atoms with van der Waals surface area (Å²) in [6.07, 6.45) is 1.15. The van der Waals surface area contributed by atoms with Gasteiger partial charge in [-0.1, -0.05) is 18.2 Å². The maximum atomic E-state index is 12.6. The van der Waals surface area contributed by atoms with Crippen LogP contribution < -0.4 is 14.4 Å². The molecule has 0 aromatic heterocycles. The lowest BCUT2D eigenvalue weighted by Crippen LogP contribution is -2.45. The number of anilines is 2. The third-order valence-electron chi connectivity index (χ3n) is 3.59. The average molecular weight is 376 g/mol. The Hall–Kier alpha value is -2.54. The lowest BCUT2D eigenvalue weighted by molar-refractivity contribution is -0.116. The fourth-order valence-electron chi connectivity index (χ4n) is 2.52. The Morgan fingerprint density at radius 2 is 1.58 bits per heavy atom. The molecule has 6 nitrogen and oxygen atoms in total. The first kappa shape index (κ1) is 19.8. The molecule has 1 atom stereocenters. The first-order chi connectivity index (χ1) is 12.2. The molecular formula is C19H24N2O4S. The van der Waals surface area contributed by atoms with Crippen molar-refractivity contribution in [3.8, 4) is 5.75 Å². The lowest BCUT2D eigenvalue weighted by Gasteiger charge is -2.28. The zero-order valence-corrected chi connectivity index (χ0v) is 16.2. The molecule has 26 heavy (non-hydrogen) atoms. The molecule has 0 saturated heterocycles. The van der Waals surface area contributed by atoms with Gasteiger partial charge in [0.1, 0.15) is 11.8 Å². The summed E-state index contributed by atoms with van der Waals surface area (Å²) in [4.78, 5) is 12.6. The summed E-state index contributed by atoms with van der Waals surface area (Å²) >= 11 is 0. The minimum Gasteiger partial charge on any atom is -0.491 e. The van der Waals surface area contributed by atoms with Crippen molar-refractivity contribution in [3.63, 3.8) is 0 Å². The van der Waals surface area contributed by atoms with E-state index in [0.717, 1.165) is 10.6 Å². The lowest BCUT2D eigenvalue weighted by atomic mass is 10.2. The zero-order valence-electron chi connectivity index (χ0n) is 15.3. The van der Waals surface area contributed by atoms with Crippen molar-refractivity contribution in [1.82, 2.24) is 0 Å². The van der Waals surface area contributed by atoms with Crippen LogP contribution in [0.25, 0.3) is 0 Å². The van der Waals surface area contributed by atoms with Gasteiger partial charge in [-0.25, -0.2) is 8.42 Å². The fraction of sp³-hybridized carbons (Fsp3) is 0.316. The molecule has 1 amide bonds. The number of hydrogen-bond acceptors (Lipinski definition) is 4. The minimum absolute atomic E-state index is 0.0599. The van der Waals surface area contributed by atoms with Crippen molar-refractivity contribution in [3.05, 3.63) is 54.6 Å². The van der Waals surface area contributed by atoms with E-state index in [1.807, 2.05) is 13.8 Å². The predicted octanol–water partition coefficient (Wildman–Crippen LogP) is 3.27. The quantitative estimate of drug-likeness (QED) is 0.805. The molecule has 0 unspecified atom stereocenters. The summed E-state index contributed by atoms with van der Waals surface area (Å²) in [5.41, 5.74) is 1.01. The molecule has 0 radical (unpaired) electrons. The van der Waals surface area contributed by atoms with E-state index >= 15 is 0 Å². The Balaban J connectivity index is 2.16. The van der Waals surface area contributed by atoms with Gasteiger partial charge in [-0.05, 0) is 57.2 Å². The maximum Gasteiger partial charge on any atom is 0.247 e. The summed E-state index contributed by atoms with van der Waals surface area (Å²) < 4.78 is 31.1. The highest BCUT2D eigenvalue weighted by Gasteiger charge is 2.29. The molecule has 0 bridgehead atoms. The van der Waals surface area contributed by atoms with Crippen molar-refractivity contribution in [2.45, 2.75) is 32.9 Å². The van der Waals surface area contributed by atoms with Crippen LogP contribution in [0.2, 0.25) is 0 Å². The number of rotatable bonds is 7. The molecule has 0 spiro atoms. The zero-order chi connectivity index (χ0) is 19.3. The number of sulfonamides is 1. The molecule has 2 aromatic carbocycles. The van der Waals surface area contributed by atoms with Crippen LogP contribution in [0.5, 0.6) is 5.75 Å². The van der Waals surface area contributed by atoms with Crippen LogP contribution in [-0.2, 0) is 14.8 Å². The van der Waals surface area contributed by atoms with Crippen molar-refractivity contribution in [2.75, 3.05) is 15.9 Å². The van der Waals surface area contributed by atoms with Gasteiger partial charge in [-0.3, -0.25) is 9.10 Å². The van der Waals surface area contributed by atoms with Gasteiger partial charge in [0.25, 0.3) is 0 Å². The van der Waals surface area contributed by atoms with E-state index < -0.39 is 22.0 Å². The molecule has 2 rings (SSSR count). The first-order valence-corrected chi connectivity index (χ1v) is 10.2. The van der Waals surface area contributed by atoms with Crippen molar-refractivity contribution < 1.29 is 17.9 Å². The number of benzene rings is 2. The molecule has 140 valence electrons. The molecule has 0 heterocycles. The molecule has 0 fully saturated rings. The Morgan fingerprint density at radius 3 is 2.08 bits per heavy atom. The maximum absolute atomic E-state index is 12.6. The van der Waals surface area contributed by atoms with Crippen molar-refractivity contribution in [2.24, 2.45) is 0 Å². The number of para-hydroxylation sites is 1. The summed E-state index contributed by atoms with van der Waals surface area (Å²) in [6, 6.07) is 14.6. The van der Waals surface area contributed by atoms with Crippen LogP contribution in [0.3, 0.4) is 0 Å². The van der Waals surface area contributed by atoms with Gasteiger partial charge in [0.2, 0.25) is 15.9 Å². The molecule has 1 N–H and O–H groups in total. The third kappa shape index (κ3) is 5.23. The normalized spacial score (nSPS) is 12.5. The summed E-state index contributed by atoms with van der Waals surface area (Å²) in [7, 11) is -3.62. The van der Waals surface area contributed by atoms with Crippen LogP contribution in [0.15, 0.2) is 54.6 Å². The van der Waals surface area contributed by atoms with E-state index in [4.69, 9.17) is 4.74 Å². The topological polar surface area (TPSA) is 75.7 Å². The van der Waals surface area contributed by atoms with E-state index in [1.165, 1.54) is 0 Å². The molecule has 0 aliphatic rings. The SMILES string of the molecule is CC(C)Oc1ccc(NC(=O)[C@H](C)N(c2ccccc2)S(C)(=O)=O)cc1. The van der Waals surface area contributed by atoms with Crippen LogP contribution in [-0.4, -0.2) is 32.7 Å². The van der Waals surface area contributed by atoms with Crippen molar-refractivity contribution >= 4 is 27.3 Å². The molecule has 0 aliphatic carbocycles. The minimum atomic E-state index is -3.62. The highest BCUT2D eigenvalue weighted by atomic mass is 32.2. The second kappa shape index (κ2) is 8.23. The number of carbonyl (C=O) groups is 1. The number of hydrogen-bond donors (Lipinski definition) is 1. The van der Waals surface area contributed by atoms with E-state index in [1.54, 1.807) is 61.5 Å². The Morgan fingerprint density at radius 1 is 1.00 bits per heavy atom. The fourth-order valence-corrected chi connectivity index (χ4v) is 3.69. The first-order valence-electron chi connectivity index (χ1n) is 8.30. The Labute approximate surface area is 154 Å². The highest BCUT2D eigenvalue weighted by Crippen LogP contribution is 2.22. The van der Waals surface area contributed by atoms with Gasteiger partial charge in [-0.15, -0.1) is 0 Å². The van der Waals surface area contributed by atoms with E-state index in [9.17, 15) is 13.2 Å². The van der Waals surface area contributed by atoms with Gasteiger partial charge < -0.3 is 10.1 Å². The molecule has 7 heteroatoms. The predicted molar refractivity (Wildman–Crippen MR) is 104 cm³/mol. The second-order valence-corrected chi connectivity index (χ2v) is 8.11. The second-order valence-electron chi connectivity index (χ2n) is 6.25. The van der Waals surface area contributed by atoms with Gasteiger partial charge in [0.05, 0.1) is 18.0 Å². The van der Waals surface area contributed by atoms with Crippen LogP contribution in [0.4, 0.5) is 11.4 Å². The summed E-state index contributed by atoms with van der Waals surface area (Å²) in [5, 5.41) is 2.74. The Kier molecular flexibility index (Phi) is 6.26. The van der Waals surface area contributed by atoms with Gasteiger partial charge in [0, 0.05) is 5.69 Å². The largest absolute Gasteiger partial charge is 0.491 e. The van der Waals surface area contributed by atoms with E-state index in [2.05, 4.69) is 5.32 Å². The molecule has 0 aliphatic heterocycles. The monoisotopic (exact) mass is 376 g/mol. The highest BCUT2D eigenvalue weighted by molar-refractivity contribution is 7.92. The molecular weight excluding hydrogens is 352 g/mol. The number of nitrogens with one attached hydrogen (secondary N) is 1. The molecule has 2 aromatic rings. The number of ether oxygens (including phenoxy) is 1. The number of carbonyl (C=O) groups excluding carboxylic acids is 1. The van der Waals surface area contributed by atoms with E-state index in [-0.39, 0.29) is 6.10 Å².